The molecule has 4 nitrogen and oxygen atoms in total. The Morgan fingerprint density at radius 3 is 2.94 bits per heavy atom. The maximum atomic E-state index is 9.49. The Hall–Kier alpha value is -0.630. The molecule has 0 bridgehead atoms. The van der Waals surface area contributed by atoms with Gasteiger partial charge in [-0.15, -0.1) is 0 Å². The Morgan fingerprint density at radius 1 is 1.56 bits per heavy atom. The predicted octanol–water partition coefficient (Wildman–Crippen LogP) is 1.77. The van der Waals surface area contributed by atoms with Crippen LogP contribution >= 0.6 is 0 Å². The van der Waals surface area contributed by atoms with Crippen LogP contribution < -0.4 is 5.32 Å². The van der Waals surface area contributed by atoms with Crippen molar-refractivity contribution in [2.24, 2.45) is 0 Å². The predicted molar refractivity (Wildman–Crippen MR) is 73.4 cm³/mol. The van der Waals surface area contributed by atoms with Crippen molar-refractivity contribution in [1.29, 1.82) is 5.26 Å². The van der Waals surface area contributed by atoms with Crippen LogP contribution in [0.25, 0.3) is 0 Å². The highest BCUT2D eigenvalue weighted by atomic mass is 16.5. The van der Waals surface area contributed by atoms with Gasteiger partial charge in [0.1, 0.15) is 5.54 Å². The number of nitrogens with one attached hydrogen (secondary N) is 1. The number of rotatable bonds is 7. The molecule has 104 valence electrons. The third kappa shape index (κ3) is 4.24. The molecule has 0 aromatic rings. The van der Waals surface area contributed by atoms with Gasteiger partial charge in [0, 0.05) is 19.7 Å². The summed E-state index contributed by atoms with van der Waals surface area (Å²) in [5.41, 5.74) is -0.305. The van der Waals surface area contributed by atoms with Crippen molar-refractivity contribution in [3.8, 4) is 6.07 Å². The Balaban J connectivity index is 2.55. The summed E-state index contributed by atoms with van der Waals surface area (Å²) in [5.74, 6) is 0. The molecule has 0 aromatic carbocycles. The molecule has 2 unspecified atom stereocenters. The summed E-state index contributed by atoms with van der Waals surface area (Å²) in [4.78, 5) is 2.34. The lowest BCUT2D eigenvalue weighted by atomic mass is 9.79. The summed E-state index contributed by atoms with van der Waals surface area (Å²) < 4.78 is 5.12. The molecule has 1 rings (SSSR count). The third-order valence-electron chi connectivity index (χ3n) is 3.92. The van der Waals surface area contributed by atoms with Crippen molar-refractivity contribution >= 4 is 0 Å². The Kier molecular flexibility index (Phi) is 6.62. The molecule has 0 spiro atoms. The molecule has 1 fully saturated rings. The summed E-state index contributed by atoms with van der Waals surface area (Å²) >= 11 is 0. The fourth-order valence-electron chi connectivity index (χ4n) is 2.71. The summed E-state index contributed by atoms with van der Waals surface area (Å²) in [7, 11) is 3.87. The van der Waals surface area contributed by atoms with E-state index in [4.69, 9.17) is 4.74 Å². The number of hydrogen-bond donors (Lipinski definition) is 1. The molecule has 2 atom stereocenters. The maximum absolute atomic E-state index is 9.49. The van der Waals surface area contributed by atoms with Crippen LogP contribution in [0.15, 0.2) is 0 Å². The summed E-state index contributed by atoms with van der Waals surface area (Å²) in [6, 6.07) is 3.02. The first-order valence-corrected chi connectivity index (χ1v) is 7.03. The van der Waals surface area contributed by atoms with Crippen molar-refractivity contribution in [3.63, 3.8) is 0 Å². The molecule has 1 aliphatic carbocycles. The molecule has 1 aliphatic rings. The highest BCUT2D eigenvalue weighted by molar-refractivity contribution is 5.11. The Bertz CT molecular complexity index is 277. The van der Waals surface area contributed by atoms with E-state index in [0.29, 0.717) is 6.04 Å². The average Bonchev–Trinajstić information content (AvgIpc) is 2.42. The van der Waals surface area contributed by atoms with Gasteiger partial charge in [-0.2, -0.15) is 5.26 Å². The zero-order valence-corrected chi connectivity index (χ0v) is 12.0. The summed E-state index contributed by atoms with van der Waals surface area (Å²) in [5, 5.41) is 12.9. The third-order valence-corrected chi connectivity index (χ3v) is 3.92. The number of nitrogens with zero attached hydrogens (tertiary/aromatic N) is 2. The van der Waals surface area contributed by atoms with Crippen molar-refractivity contribution in [3.05, 3.63) is 0 Å². The summed E-state index contributed by atoms with van der Waals surface area (Å²) in [6.07, 6.45) is 5.32. The van der Waals surface area contributed by atoms with E-state index in [-0.39, 0.29) is 5.54 Å². The molecule has 0 aromatic heterocycles. The molecule has 0 saturated heterocycles. The van der Waals surface area contributed by atoms with E-state index in [9.17, 15) is 5.26 Å². The van der Waals surface area contributed by atoms with Gasteiger partial charge in [-0.1, -0.05) is 6.92 Å². The average molecular weight is 253 g/mol. The lowest BCUT2D eigenvalue weighted by Crippen LogP contribution is -2.52. The number of nitriles is 1. The summed E-state index contributed by atoms with van der Waals surface area (Å²) in [6.45, 7) is 4.77. The normalized spacial score (nSPS) is 28.3. The zero-order valence-electron chi connectivity index (χ0n) is 12.0. The zero-order chi connectivity index (χ0) is 13.4. The van der Waals surface area contributed by atoms with Crippen molar-refractivity contribution in [2.45, 2.75) is 50.6 Å². The smallest absolute Gasteiger partial charge is 0.108 e. The highest BCUT2D eigenvalue weighted by Gasteiger charge is 2.37. The lowest BCUT2D eigenvalue weighted by Gasteiger charge is -2.40. The monoisotopic (exact) mass is 253 g/mol. The molecule has 18 heavy (non-hydrogen) atoms. The molecule has 0 amide bonds. The second-order valence-corrected chi connectivity index (χ2v) is 5.34. The van der Waals surface area contributed by atoms with Crippen LogP contribution in [0.4, 0.5) is 0 Å². The lowest BCUT2D eigenvalue weighted by molar-refractivity contribution is 0.104. The SMILES string of the molecule is CCCNC1(C#N)CCCC(N(C)CCOC)C1. The van der Waals surface area contributed by atoms with E-state index >= 15 is 0 Å². The van der Waals surface area contributed by atoms with Gasteiger partial charge < -0.3 is 9.64 Å². The largest absolute Gasteiger partial charge is 0.383 e. The van der Waals surface area contributed by atoms with Crippen LogP contribution in [0.1, 0.15) is 39.0 Å². The van der Waals surface area contributed by atoms with E-state index in [2.05, 4.69) is 30.3 Å². The van der Waals surface area contributed by atoms with Gasteiger partial charge in [-0.25, -0.2) is 0 Å². The molecule has 4 heteroatoms. The van der Waals surface area contributed by atoms with E-state index in [1.807, 2.05) is 0 Å². The minimum atomic E-state index is -0.305. The fourth-order valence-corrected chi connectivity index (χ4v) is 2.71. The van der Waals surface area contributed by atoms with E-state index in [1.54, 1.807) is 7.11 Å². The molecule has 0 aliphatic heterocycles. The maximum Gasteiger partial charge on any atom is 0.108 e. The van der Waals surface area contributed by atoms with Crippen LogP contribution in [0, 0.1) is 11.3 Å². The van der Waals surface area contributed by atoms with Gasteiger partial charge in [0.15, 0.2) is 0 Å². The first kappa shape index (κ1) is 15.4. The van der Waals surface area contributed by atoms with E-state index in [0.717, 1.165) is 45.4 Å². The van der Waals surface area contributed by atoms with Crippen LogP contribution in [0.5, 0.6) is 0 Å². The molecular formula is C14H27N3O. The van der Waals surface area contributed by atoms with E-state index < -0.39 is 0 Å². The minimum Gasteiger partial charge on any atom is -0.383 e. The van der Waals surface area contributed by atoms with Gasteiger partial charge >= 0.3 is 0 Å². The first-order chi connectivity index (χ1) is 8.67. The van der Waals surface area contributed by atoms with Crippen LogP contribution in [0.2, 0.25) is 0 Å². The molecule has 0 radical (unpaired) electrons. The Morgan fingerprint density at radius 2 is 2.33 bits per heavy atom. The standard InChI is InChI=1S/C14H27N3O/c1-4-8-16-14(12-15)7-5-6-13(11-14)17(2)9-10-18-3/h13,16H,4-11H2,1-3H3. The van der Waals surface area contributed by atoms with Gasteiger partial charge in [-0.05, 0) is 45.7 Å². The number of hydrogen-bond acceptors (Lipinski definition) is 4. The van der Waals surface area contributed by atoms with Crippen LogP contribution in [-0.2, 0) is 4.74 Å². The quantitative estimate of drug-likeness (QED) is 0.751. The molecule has 1 saturated carbocycles. The van der Waals surface area contributed by atoms with Crippen LogP contribution in [0.3, 0.4) is 0 Å². The number of ether oxygens (including phenoxy) is 1. The fraction of sp³-hybridized carbons (Fsp3) is 0.929. The van der Waals surface area contributed by atoms with Crippen LogP contribution in [-0.4, -0.2) is 50.3 Å². The first-order valence-electron chi connectivity index (χ1n) is 7.03. The van der Waals surface area contributed by atoms with E-state index in [1.165, 1.54) is 6.42 Å². The number of likely N-dealkylation sites (N-methyl/N-ethyl adjacent to an activating group) is 1. The van der Waals surface area contributed by atoms with Gasteiger partial charge in [-0.3, -0.25) is 5.32 Å². The van der Waals surface area contributed by atoms with Gasteiger partial charge in [0.05, 0.1) is 12.7 Å². The molecular weight excluding hydrogens is 226 g/mol. The van der Waals surface area contributed by atoms with Gasteiger partial charge in [0.2, 0.25) is 0 Å². The van der Waals surface area contributed by atoms with Crippen molar-refractivity contribution in [2.75, 3.05) is 33.9 Å². The van der Waals surface area contributed by atoms with Crippen molar-refractivity contribution < 1.29 is 4.74 Å². The number of methoxy groups -OCH3 is 1. The molecule has 1 N–H and O–H groups in total. The van der Waals surface area contributed by atoms with Crippen molar-refractivity contribution in [1.82, 2.24) is 10.2 Å². The minimum absolute atomic E-state index is 0.305. The van der Waals surface area contributed by atoms with Gasteiger partial charge in [0.25, 0.3) is 0 Å². The topological polar surface area (TPSA) is 48.3 Å². The highest BCUT2D eigenvalue weighted by Crippen LogP contribution is 2.30. The molecule has 0 heterocycles. The Labute approximate surface area is 111 Å². The second kappa shape index (κ2) is 7.73. The second-order valence-electron chi connectivity index (χ2n) is 5.34.